The van der Waals surface area contributed by atoms with Crippen LogP contribution in [0.15, 0.2) is 18.2 Å². The molecule has 0 bridgehead atoms. The monoisotopic (exact) mass is 394 g/mol. The second-order valence-corrected chi connectivity index (χ2v) is 5.35. The summed E-state index contributed by atoms with van der Waals surface area (Å²) in [5.74, 6) is -0.358. The zero-order valence-corrected chi connectivity index (χ0v) is 14.9. The zero-order chi connectivity index (χ0) is 15.5. The third kappa shape index (κ3) is 6.55. The van der Waals surface area contributed by atoms with Gasteiger partial charge in [0.2, 0.25) is 0 Å². The van der Waals surface area contributed by atoms with E-state index in [1.54, 1.807) is 12.1 Å². The van der Waals surface area contributed by atoms with Crippen LogP contribution >= 0.6 is 36.4 Å². The lowest BCUT2D eigenvalue weighted by Crippen LogP contribution is -2.45. The first-order chi connectivity index (χ1) is 9.90. The highest BCUT2D eigenvalue weighted by atomic mass is 35.5. The van der Waals surface area contributed by atoms with E-state index in [4.69, 9.17) is 11.6 Å². The molecule has 0 aliphatic carbocycles. The van der Waals surface area contributed by atoms with Gasteiger partial charge in [0, 0.05) is 32.2 Å². The lowest BCUT2D eigenvalue weighted by Gasteiger charge is -2.34. The third-order valence-corrected chi connectivity index (χ3v) is 3.84. The predicted octanol–water partition coefficient (Wildman–Crippen LogP) is 4.44. The van der Waals surface area contributed by atoms with Crippen LogP contribution in [0.2, 0.25) is 5.02 Å². The van der Waals surface area contributed by atoms with Gasteiger partial charge in [0.05, 0.1) is 5.02 Å². The zero-order valence-electron chi connectivity index (χ0n) is 12.5. The van der Waals surface area contributed by atoms with Crippen molar-refractivity contribution >= 4 is 36.4 Å². The summed E-state index contributed by atoms with van der Waals surface area (Å²) in [6.45, 7) is 5.72. The van der Waals surface area contributed by atoms with Crippen molar-refractivity contribution in [3.05, 3.63) is 28.8 Å². The van der Waals surface area contributed by atoms with E-state index in [0.29, 0.717) is 0 Å². The lowest BCUT2D eigenvalue weighted by molar-refractivity contribution is -0.274. The van der Waals surface area contributed by atoms with Gasteiger partial charge in [0.15, 0.2) is 0 Å². The van der Waals surface area contributed by atoms with Gasteiger partial charge in [-0.3, -0.25) is 4.90 Å². The molecule has 0 spiro atoms. The minimum absolute atomic E-state index is 0. The predicted molar refractivity (Wildman–Crippen MR) is 90.1 cm³/mol. The molecular weight excluding hydrogens is 376 g/mol. The maximum Gasteiger partial charge on any atom is 0.573 e. The molecule has 134 valence electrons. The fourth-order valence-corrected chi connectivity index (χ4v) is 2.86. The highest BCUT2D eigenvalue weighted by Crippen LogP contribution is 2.34. The van der Waals surface area contributed by atoms with Gasteiger partial charge in [0.1, 0.15) is 5.75 Å². The summed E-state index contributed by atoms with van der Waals surface area (Å²) >= 11 is 5.92. The van der Waals surface area contributed by atoms with Crippen LogP contribution < -0.4 is 10.1 Å². The van der Waals surface area contributed by atoms with Gasteiger partial charge in [0.25, 0.3) is 0 Å². The van der Waals surface area contributed by atoms with Crippen molar-refractivity contribution in [3.8, 4) is 5.75 Å². The summed E-state index contributed by atoms with van der Waals surface area (Å²) in [4.78, 5) is 2.31. The van der Waals surface area contributed by atoms with Crippen molar-refractivity contribution in [2.75, 3.05) is 26.2 Å². The summed E-state index contributed by atoms with van der Waals surface area (Å²) in [5.41, 5.74) is 0.916. The van der Waals surface area contributed by atoms with Gasteiger partial charge in [-0.15, -0.1) is 38.0 Å². The SMILES string of the molecule is CC[C@@H](c1ccc(OC(F)(F)F)c(Cl)c1)N1CCNCC1.Cl.Cl. The topological polar surface area (TPSA) is 24.5 Å². The van der Waals surface area contributed by atoms with Crippen LogP contribution in [0.4, 0.5) is 13.2 Å². The summed E-state index contributed by atoms with van der Waals surface area (Å²) in [5, 5.41) is 3.26. The van der Waals surface area contributed by atoms with E-state index in [0.717, 1.165) is 38.2 Å². The van der Waals surface area contributed by atoms with Crippen LogP contribution in [0.5, 0.6) is 5.75 Å². The largest absolute Gasteiger partial charge is 0.573 e. The van der Waals surface area contributed by atoms with Crippen LogP contribution in [0, 0.1) is 0 Å². The molecule has 23 heavy (non-hydrogen) atoms. The smallest absolute Gasteiger partial charge is 0.404 e. The molecule has 1 aliphatic rings. The molecule has 1 fully saturated rings. The quantitative estimate of drug-likeness (QED) is 0.816. The standard InChI is InChI=1S/C14H18ClF3N2O.2ClH/c1-2-12(20-7-5-19-6-8-20)10-3-4-13(11(15)9-10)21-14(16,17)18;;/h3-4,9,12,19H,2,5-8H2,1H3;2*1H/t12-;;/m0../s1. The molecule has 1 aromatic carbocycles. The van der Waals surface area contributed by atoms with Crippen molar-refractivity contribution in [1.82, 2.24) is 10.2 Å². The molecule has 1 N–H and O–H groups in total. The summed E-state index contributed by atoms with van der Waals surface area (Å²) in [6.07, 6.45) is -3.86. The first kappa shape index (κ1) is 22.6. The van der Waals surface area contributed by atoms with E-state index in [2.05, 4.69) is 21.9 Å². The number of ether oxygens (including phenoxy) is 1. The average Bonchev–Trinajstić information content (AvgIpc) is 2.42. The Labute approximate surface area is 151 Å². The number of piperazine rings is 1. The molecule has 1 saturated heterocycles. The van der Waals surface area contributed by atoms with Gasteiger partial charge in [-0.2, -0.15) is 0 Å². The molecule has 2 rings (SSSR count). The molecule has 1 aliphatic heterocycles. The van der Waals surface area contributed by atoms with Crippen molar-refractivity contribution in [3.63, 3.8) is 0 Å². The maximum absolute atomic E-state index is 12.2. The van der Waals surface area contributed by atoms with Gasteiger partial charge >= 0.3 is 6.36 Å². The van der Waals surface area contributed by atoms with E-state index in [1.165, 1.54) is 6.07 Å². The number of nitrogens with zero attached hydrogens (tertiary/aromatic N) is 1. The Bertz CT molecular complexity index is 483. The number of hydrogen-bond donors (Lipinski definition) is 1. The highest BCUT2D eigenvalue weighted by Gasteiger charge is 2.32. The van der Waals surface area contributed by atoms with E-state index in [9.17, 15) is 13.2 Å². The molecule has 1 atom stereocenters. The van der Waals surface area contributed by atoms with E-state index < -0.39 is 6.36 Å². The molecule has 0 aromatic heterocycles. The Morgan fingerprint density at radius 2 is 1.87 bits per heavy atom. The van der Waals surface area contributed by atoms with Gasteiger partial charge in [-0.1, -0.05) is 24.6 Å². The minimum atomic E-state index is -4.73. The number of benzene rings is 1. The Balaban J connectivity index is 0.00000242. The fourth-order valence-electron chi connectivity index (χ4n) is 2.63. The molecule has 1 aromatic rings. The minimum Gasteiger partial charge on any atom is -0.404 e. The lowest BCUT2D eigenvalue weighted by atomic mass is 10.0. The second-order valence-electron chi connectivity index (χ2n) is 4.95. The molecule has 9 heteroatoms. The van der Waals surface area contributed by atoms with Crippen LogP contribution in [0.1, 0.15) is 24.9 Å². The van der Waals surface area contributed by atoms with Gasteiger partial charge in [-0.05, 0) is 24.1 Å². The number of nitrogens with one attached hydrogen (secondary N) is 1. The summed E-state index contributed by atoms with van der Waals surface area (Å²) < 4.78 is 40.6. The second kappa shape index (κ2) is 9.79. The number of halogens is 6. The molecule has 0 unspecified atom stereocenters. The number of rotatable bonds is 4. The fraction of sp³-hybridized carbons (Fsp3) is 0.571. The van der Waals surface area contributed by atoms with Crippen LogP contribution in [0.3, 0.4) is 0 Å². The Morgan fingerprint density at radius 1 is 1.26 bits per heavy atom. The van der Waals surface area contributed by atoms with Crippen molar-refractivity contribution in [2.24, 2.45) is 0 Å². The average molecular weight is 396 g/mol. The normalized spacial score (nSPS) is 16.9. The van der Waals surface area contributed by atoms with Gasteiger partial charge in [-0.25, -0.2) is 0 Å². The van der Waals surface area contributed by atoms with E-state index in [-0.39, 0.29) is 41.6 Å². The maximum atomic E-state index is 12.2. The van der Waals surface area contributed by atoms with E-state index >= 15 is 0 Å². The van der Waals surface area contributed by atoms with Crippen LogP contribution in [-0.4, -0.2) is 37.4 Å². The van der Waals surface area contributed by atoms with Crippen LogP contribution in [0.25, 0.3) is 0 Å². The third-order valence-electron chi connectivity index (χ3n) is 3.55. The molecule has 0 radical (unpaired) electrons. The van der Waals surface area contributed by atoms with Crippen molar-refractivity contribution in [2.45, 2.75) is 25.7 Å². The molecule has 1 heterocycles. The highest BCUT2D eigenvalue weighted by molar-refractivity contribution is 6.32. The Morgan fingerprint density at radius 3 is 2.35 bits per heavy atom. The molecular formula is C14H20Cl3F3N2O. The molecule has 0 amide bonds. The Kier molecular flexibility index (Phi) is 9.62. The first-order valence-electron chi connectivity index (χ1n) is 6.90. The van der Waals surface area contributed by atoms with Crippen LogP contribution in [-0.2, 0) is 0 Å². The molecule has 3 nitrogen and oxygen atoms in total. The first-order valence-corrected chi connectivity index (χ1v) is 7.28. The Hall–Kier alpha value is -0.400. The van der Waals surface area contributed by atoms with E-state index in [1.807, 2.05) is 0 Å². The summed E-state index contributed by atoms with van der Waals surface area (Å²) in [7, 11) is 0. The molecule has 0 saturated carbocycles. The number of alkyl halides is 3. The van der Waals surface area contributed by atoms with Crippen molar-refractivity contribution < 1.29 is 17.9 Å². The van der Waals surface area contributed by atoms with Gasteiger partial charge < -0.3 is 10.1 Å². The summed E-state index contributed by atoms with van der Waals surface area (Å²) in [6, 6.07) is 4.67. The van der Waals surface area contributed by atoms with Crippen molar-refractivity contribution in [1.29, 1.82) is 0 Å². The number of hydrogen-bond acceptors (Lipinski definition) is 3.